The molecule has 0 aliphatic carbocycles. The molecule has 6 nitrogen and oxygen atoms in total. The highest BCUT2D eigenvalue weighted by Gasteiger charge is 2.13. The van der Waals surface area contributed by atoms with E-state index in [-0.39, 0.29) is 12.5 Å². The Labute approximate surface area is 152 Å². The van der Waals surface area contributed by atoms with Crippen LogP contribution in [0.3, 0.4) is 0 Å². The molecule has 0 bridgehead atoms. The molecule has 8 heteroatoms. The minimum Gasteiger partial charge on any atom is -0.460 e. The molecule has 0 atom stereocenters. The number of nitrogens with one attached hydrogen (secondary N) is 2. The van der Waals surface area contributed by atoms with Gasteiger partial charge >= 0.3 is 0 Å². The standard InChI is InChI=1S/C17H14ClN3O3S/c1-10-6-7-14(24-10)13-9-25-17(20-13)21-15(22)8-19-16(23)11-4-2-3-5-12(11)18/h2-7,9H,8H2,1H3,(H,19,23)(H,20,21,22). The Bertz CT molecular complexity index is 919. The summed E-state index contributed by atoms with van der Waals surface area (Å²) in [4.78, 5) is 28.3. The summed E-state index contributed by atoms with van der Waals surface area (Å²) in [5, 5.41) is 7.72. The number of amides is 2. The van der Waals surface area contributed by atoms with E-state index in [2.05, 4.69) is 15.6 Å². The van der Waals surface area contributed by atoms with Gasteiger partial charge in [-0.3, -0.25) is 9.59 Å². The molecular weight excluding hydrogens is 362 g/mol. The van der Waals surface area contributed by atoms with Crippen LogP contribution < -0.4 is 10.6 Å². The van der Waals surface area contributed by atoms with Crippen molar-refractivity contribution in [2.24, 2.45) is 0 Å². The molecule has 0 aliphatic heterocycles. The summed E-state index contributed by atoms with van der Waals surface area (Å²) < 4.78 is 5.49. The number of hydrogen-bond donors (Lipinski definition) is 2. The molecule has 0 fully saturated rings. The van der Waals surface area contributed by atoms with Crippen LogP contribution in [0.15, 0.2) is 46.2 Å². The van der Waals surface area contributed by atoms with E-state index in [4.69, 9.17) is 16.0 Å². The summed E-state index contributed by atoms with van der Waals surface area (Å²) in [7, 11) is 0. The first-order chi connectivity index (χ1) is 12.0. The van der Waals surface area contributed by atoms with Crippen LogP contribution in [-0.2, 0) is 4.79 Å². The fraction of sp³-hybridized carbons (Fsp3) is 0.118. The summed E-state index contributed by atoms with van der Waals surface area (Å²) in [6.07, 6.45) is 0. The molecule has 0 aliphatic rings. The third kappa shape index (κ3) is 4.26. The number of benzene rings is 1. The van der Waals surface area contributed by atoms with E-state index in [1.54, 1.807) is 29.6 Å². The molecule has 2 aromatic heterocycles. The average Bonchev–Trinajstić information content (AvgIpc) is 3.22. The number of carbonyl (C=O) groups excluding carboxylic acids is 2. The lowest BCUT2D eigenvalue weighted by atomic mass is 10.2. The number of nitrogens with zero attached hydrogens (tertiary/aromatic N) is 1. The first kappa shape index (κ1) is 17.2. The highest BCUT2D eigenvalue weighted by molar-refractivity contribution is 7.14. The van der Waals surface area contributed by atoms with Crippen molar-refractivity contribution in [2.45, 2.75) is 6.92 Å². The van der Waals surface area contributed by atoms with Crippen molar-refractivity contribution < 1.29 is 14.0 Å². The molecular formula is C17H14ClN3O3S. The predicted octanol–water partition coefficient (Wildman–Crippen LogP) is 3.73. The van der Waals surface area contributed by atoms with Gasteiger partial charge in [0.2, 0.25) is 5.91 Å². The number of rotatable bonds is 5. The van der Waals surface area contributed by atoms with Gasteiger partial charge in [-0.15, -0.1) is 11.3 Å². The zero-order chi connectivity index (χ0) is 17.8. The molecule has 3 rings (SSSR count). The number of furan rings is 1. The highest BCUT2D eigenvalue weighted by Crippen LogP contribution is 2.26. The lowest BCUT2D eigenvalue weighted by molar-refractivity contribution is -0.115. The maximum Gasteiger partial charge on any atom is 0.253 e. The van der Waals surface area contributed by atoms with Crippen molar-refractivity contribution in [3.8, 4) is 11.5 Å². The highest BCUT2D eigenvalue weighted by atomic mass is 35.5. The summed E-state index contributed by atoms with van der Waals surface area (Å²) in [6, 6.07) is 10.3. The maximum absolute atomic E-state index is 12.0. The van der Waals surface area contributed by atoms with Gasteiger partial charge in [0.15, 0.2) is 10.9 Å². The van der Waals surface area contributed by atoms with Gasteiger partial charge in [-0.05, 0) is 31.2 Å². The number of halogens is 1. The number of thiazole rings is 1. The summed E-state index contributed by atoms with van der Waals surface area (Å²) in [5.41, 5.74) is 0.968. The van der Waals surface area contributed by atoms with E-state index < -0.39 is 5.91 Å². The first-order valence-corrected chi connectivity index (χ1v) is 8.63. The fourth-order valence-corrected chi connectivity index (χ4v) is 3.02. The van der Waals surface area contributed by atoms with Gasteiger partial charge in [0.1, 0.15) is 11.5 Å². The van der Waals surface area contributed by atoms with E-state index in [0.717, 1.165) is 5.76 Å². The monoisotopic (exact) mass is 375 g/mol. The molecule has 0 saturated carbocycles. The largest absolute Gasteiger partial charge is 0.460 e. The number of aromatic nitrogens is 1. The second-order valence-corrected chi connectivity index (χ2v) is 6.42. The molecule has 0 unspecified atom stereocenters. The lowest BCUT2D eigenvalue weighted by Gasteiger charge is -2.06. The minimum absolute atomic E-state index is 0.182. The summed E-state index contributed by atoms with van der Waals surface area (Å²) in [6.45, 7) is 1.67. The van der Waals surface area contributed by atoms with E-state index in [1.165, 1.54) is 11.3 Å². The molecule has 3 aromatic rings. The topological polar surface area (TPSA) is 84.2 Å². The number of carbonyl (C=O) groups is 2. The van der Waals surface area contributed by atoms with Crippen molar-refractivity contribution in [3.63, 3.8) is 0 Å². The van der Waals surface area contributed by atoms with Crippen molar-refractivity contribution in [3.05, 3.63) is 58.1 Å². The Morgan fingerprint density at radius 2 is 2.04 bits per heavy atom. The summed E-state index contributed by atoms with van der Waals surface area (Å²) >= 11 is 7.23. The van der Waals surface area contributed by atoms with Gasteiger partial charge < -0.3 is 15.1 Å². The van der Waals surface area contributed by atoms with E-state index in [0.29, 0.717) is 27.2 Å². The molecule has 2 heterocycles. The van der Waals surface area contributed by atoms with Crippen LogP contribution in [0.25, 0.3) is 11.5 Å². The molecule has 128 valence electrons. The molecule has 1 aromatic carbocycles. The fourth-order valence-electron chi connectivity index (χ4n) is 2.08. The Hall–Kier alpha value is -2.64. The quantitative estimate of drug-likeness (QED) is 0.711. The first-order valence-electron chi connectivity index (χ1n) is 7.38. The zero-order valence-corrected chi connectivity index (χ0v) is 14.8. The second kappa shape index (κ2) is 7.50. The molecule has 0 radical (unpaired) electrons. The van der Waals surface area contributed by atoms with E-state index in [9.17, 15) is 9.59 Å². The van der Waals surface area contributed by atoms with Crippen LogP contribution in [-0.4, -0.2) is 23.3 Å². The summed E-state index contributed by atoms with van der Waals surface area (Å²) in [5.74, 6) is 0.640. The van der Waals surface area contributed by atoms with Crippen molar-refractivity contribution in [1.82, 2.24) is 10.3 Å². The molecule has 0 spiro atoms. The number of hydrogen-bond acceptors (Lipinski definition) is 5. The van der Waals surface area contributed by atoms with E-state index in [1.807, 2.05) is 19.1 Å². The molecule has 2 amide bonds. The Morgan fingerprint density at radius 3 is 2.76 bits per heavy atom. The lowest BCUT2D eigenvalue weighted by Crippen LogP contribution is -2.32. The van der Waals surface area contributed by atoms with Crippen LogP contribution in [0.4, 0.5) is 5.13 Å². The molecule has 0 saturated heterocycles. The smallest absolute Gasteiger partial charge is 0.253 e. The number of aryl methyl sites for hydroxylation is 1. The van der Waals surface area contributed by atoms with E-state index >= 15 is 0 Å². The van der Waals surface area contributed by atoms with Crippen LogP contribution in [0.1, 0.15) is 16.1 Å². The van der Waals surface area contributed by atoms with Crippen LogP contribution in [0.2, 0.25) is 5.02 Å². The van der Waals surface area contributed by atoms with Crippen molar-refractivity contribution in [1.29, 1.82) is 0 Å². The van der Waals surface area contributed by atoms with Gasteiger partial charge in [0.25, 0.3) is 5.91 Å². The van der Waals surface area contributed by atoms with Gasteiger partial charge in [-0.1, -0.05) is 23.7 Å². The molecule has 2 N–H and O–H groups in total. The third-order valence-corrected chi connectivity index (χ3v) is 4.36. The van der Waals surface area contributed by atoms with Gasteiger partial charge in [0.05, 0.1) is 17.1 Å². The van der Waals surface area contributed by atoms with Gasteiger partial charge in [0, 0.05) is 5.38 Å². The Balaban J connectivity index is 1.55. The zero-order valence-electron chi connectivity index (χ0n) is 13.2. The predicted molar refractivity (Wildman–Crippen MR) is 97.0 cm³/mol. The Kier molecular flexibility index (Phi) is 5.16. The maximum atomic E-state index is 12.0. The van der Waals surface area contributed by atoms with Gasteiger partial charge in [-0.25, -0.2) is 4.98 Å². The van der Waals surface area contributed by atoms with Gasteiger partial charge in [-0.2, -0.15) is 0 Å². The van der Waals surface area contributed by atoms with Crippen LogP contribution in [0, 0.1) is 6.92 Å². The number of anilines is 1. The Morgan fingerprint density at radius 1 is 1.24 bits per heavy atom. The van der Waals surface area contributed by atoms with Crippen LogP contribution in [0.5, 0.6) is 0 Å². The van der Waals surface area contributed by atoms with Crippen molar-refractivity contribution >= 4 is 39.9 Å². The van der Waals surface area contributed by atoms with Crippen LogP contribution >= 0.6 is 22.9 Å². The minimum atomic E-state index is -0.411. The third-order valence-electron chi connectivity index (χ3n) is 3.27. The van der Waals surface area contributed by atoms with Crippen molar-refractivity contribution in [2.75, 3.05) is 11.9 Å². The second-order valence-electron chi connectivity index (χ2n) is 5.16. The average molecular weight is 376 g/mol. The normalized spacial score (nSPS) is 10.5. The molecule has 25 heavy (non-hydrogen) atoms. The SMILES string of the molecule is Cc1ccc(-c2csc(NC(=O)CNC(=O)c3ccccc3Cl)n2)o1.